The second-order valence-electron chi connectivity index (χ2n) is 11.3. The Morgan fingerprint density at radius 1 is 1.29 bits per heavy atom. The highest BCUT2D eigenvalue weighted by Gasteiger charge is 2.60. The molecule has 0 bridgehead atoms. The summed E-state index contributed by atoms with van der Waals surface area (Å²) in [6, 6.07) is 1.15. The fourth-order valence-electron chi connectivity index (χ4n) is 6.76. The third-order valence-electron chi connectivity index (χ3n) is 8.66. The van der Waals surface area contributed by atoms with Crippen LogP contribution in [0.4, 0.5) is 18.0 Å². The predicted octanol–water partition coefficient (Wildman–Crippen LogP) is 2.14. The van der Waals surface area contributed by atoms with Crippen molar-refractivity contribution in [2.75, 3.05) is 54.1 Å². The number of nitrogens with one attached hydrogen (secondary N) is 1. The van der Waals surface area contributed by atoms with Gasteiger partial charge in [0.15, 0.2) is 0 Å². The molecule has 5 rings (SSSR count). The average molecular weight is 540 g/mol. The maximum atomic E-state index is 14.3. The van der Waals surface area contributed by atoms with Crippen LogP contribution in [0.2, 0.25) is 0 Å². The largest absolute Gasteiger partial charge is 0.417 e. The number of hydrogen-bond donors (Lipinski definition) is 1. The molecule has 1 aromatic heterocycles. The lowest BCUT2D eigenvalue weighted by atomic mass is 9.78. The number of carbonyl (C=O) groups excluding carboxylic acids is 2. The van der Waals surface area contributed by atoms with Crippen molar-refractivity contribution >= 4 is 11.9 Å². The Kier molecular flexibility index (Phi) is 7.34. The first-order valence-electron chi connectivity index (χ1n) is 13.2. The molecule has 3 aliphatic heterocycles. The van der Waals surface area contributed by atoms with Crippen molar-refractivity contribution in [1.82, 2.24) is 25.0 Å². The molecule has 0 spiro atoms. The summed E-state index contributed by atoms with van der Waals surface area (Å²) in [5.74, 6) is -0.127. The fraction of sp³-hybridized carbons (Fsp3) is 0.731. The zero-order chi connectivity index (χ0) is 27.2. The van der Waals surface area contributed by atoms with E-state index in [1.54, 1.807) is 31.0 Å². The number of amides is 3. The van der Waals surface area contributed by atoms with E-state index < -0.39 is 17.2 Å². The highest BCUT2D eigenvalue weighted by molar-refractivity contribution is 5.86. The Labute approximate surface area is 220 Å². The molecule has 0 unspecified atom stereocenters. The SMILES string of the molecule is CO[C@@H]1COCC[C@@H]1N[C@@H]1C[C@H]2CN(C(=O)N(C)C)C[C@@]2(C(=O)N2CCc3ncc(C(F)(F)F)cc3C2)C1. The molecular weight excluding hydrogens is 503 g/mol. The van der Waals surface area contributed by atoms with Gasteiger partial charge in [0.1, 0.15) is 0 Å². The molecule has 5 atom stereocenters. The van der Waals surface area contributed by atoms with Gasteiger partial charge in [0.25, 0.3) is 0 Å². The normalized spacial score (nSPS) is 31.2. The quantitative estimate of drug-likeness (QED) is 0.631. The molecule has 1 aromatic rings. The van der Waals surface area contributed by atoms with Gasteiger partial charge in [-0.05, 0) is 36.8 Å². The molecule has 3 fully saturated rings. The molecule has 2 saturated heterocycles. The Balaban J connectivity index is 1.38. The van der Waals surface area contributed by atoms with Crippen molar-refractivity contribution in [2.24, 2.45) is 11.3 Å². The van der Waals surface area contributed by atoms with Crippen LogP contribution in [0.1, 0.15) is 36.1 Å². The molecule has 12 heteroatoms. The van der Waals surface area contributed by atoms with E-state index in [1.165, 1.54) is 4.90 Å². The van der Waals surface area contributed by atoms with Gasteiger partial charge in [-0.1, -0.05) is 0 Å². The molecule has 0 radical (unpaired) electrons. The Morgan fingerprint density at radius 2 is 2.08 bits per heavy atom. The van der Waals surface area contributed by atoms with Crippen LogP contribution in [0.3, 0.4) is 0 Å². The topological polar surface area (TPSA) is 87.2 Å². The number of urea groups is 1. The van der Waals surface area contributed by atoms with Gasteiger partial charge in [0.2, 0.25) is 5.91 Å². The first-order chi connectivity index (χ1) is 18.0. The Hall–Kier alpha value is -2.44. The number of pyridine rings is 1. The monoisotopic (exact) mass is 539 g/mol. The van der Waals surface area contributed by atoms with Crippen LogP contribution in [0.5, 0.6) is 0 Å². The van der Waals surface area contributed by atoms with E-state index in [0.717, 1.165) is 25.1 Å². The second-order valence-corrected chi connectivity index (χ2v) is 11.3. The third kappa shape index (κ3) is 4.98. The van der Waals surface area contributed by atoms with Crippen molar-refractivity contribution in [1.29, 1.82) is 0 Å². The van der Waals surface area contributed by atoms with Crippen LogP contribution in [0, 0.1) is 11.3 Å². The van der Waals surface area contributed by atoms with Gasteiger partial charge in [0.05, 0.1) is 23.7 Å². The van der Waals surface area contributed by atoms with Gasteiger partial charge in [-0.3, -0.25) is 9.78 Å². The molecule has 4 aliphatic rings. The van der Waals surface area contributed by atoms with Crippen LogP contribution < -0.4 is 5.32 Å². The van der Waals surface area contributed by atoms with E-state index in [4.69, 9.17) is 9.47 Å². The van der Waals surface area contributed by atoms with E-state index in [0.29, 0.717) is 56.9 Å². The lowest BCUT2D eigenvalue weighted by Gasteiger charge is -2.38. The van der Waals surface area contributed by atoms with E-state index in [2.05, 4.69) is 10.3 Å². The van der Waals surface area contributed by atoms with Crippen molar-refractivity contribution in [3.63, 3.8) is 0 Å². The zero-order valence-electron chi connectivity index (χ0n) is 22.1. The van der Waals surface area contributed by atoms with Crippen LogP contribution >= 0.6 is 0 Å². The van der Waals surface area contributed by atoms with Gasteiger partial charge in [-0.25, -0.2) is 4.79 Å². The van der Waals surface area contributed by atoms with E-state index in [1.807, 2.05) is 0 Å². The molecule has 1 N–H and O–H groups in total. The maximum Gasteiger partial charge on any atom is 0.417 e. The van der Waals surface area contributed by atoms with E-state index in [-0.39, 0.29) is 42.6 Å². The molecule has 9 nitrogen and oxygen atoms in total. The summed E-state index contributed by atoms with van der Waals surface area (Å²) in [6.45, 7) is 2.42. The van der Waals surface area contributed by atoms with Crippen LogP contribution in [-0.4, -0.2) is 104 Å². The van der Waals surface area contributed by atoms with Gasteiger partial charge in [-0.2, -0.15) is 13.2 Å². The van der Waals surface area contributed by atoms with Gasteiger partial charge >= 0.3 is 12.2 Å². The van der Waals surface area contributed by atoms with Crippen molar-refractivity contribution in [3.8, 4) is 0 Å². The number of aromatic nitrogens is 1. The van der Waals surface area contributed by atoms with Crippen LogP contribution in [0.15, 0.2) is 12.3 Å². The summed E-state index contributed by atoms with van der Waals surface area (Å²) < 4.78 is 51.1. The molecule has 38 heavy (non-hydrogen) atoms. The lowest BCUT2D eigenvalue weighted by molar-refractivity contribution is -0.143. The van der Waals surface area contributed by atoms with Crippen molar-refractivity contribution in [3.05, 3.63) is 29.1 Å². The van der Waals surface area contributed by atoms with Crippen molar-refractivity contribution in [2.45, 2.75) is 56.6 Å². The summed E-state index contributed by atoms with van der Waals surface area (Å²) in [5.41, 5.74) is -0.559. The Bertz CT molecular complexity index is 1070. The first-order valence-corrected chi connectivity index (χ1v) is 13.2. The number of halogens is 3. The molecule has 4 heterocycles. The van der Waals surface area contributed by atoms with Gasteiger partial charge in [0, 0.05) is 84.4 Å². The molecule has 3 amide bonds. The zero-order valence-corrected chi connectivity index (χ0v) is 22.1. The number of fused-ring (bicyclic) bond motifs is 2. The summed E-state index contributed by atoms with van der Waals surface area (Å²) >= 11 is 0. The van der Waals surface area contributed by atoms with Crippen LogP contribution in [-0.2, 0) is 33.4 Å². The number of ether oxygens (including phenoxy) is 2. The van der Waals surface area contributed by atoms with Crippen LogP contribution in [0.25, 0.3) is 0 Å². The maximum absolute atomic E-state index is 14.3. The van der Waals surface area contributed by atoms with Gasteiger partial charge < -0.3 is 29.5 Å². The smallest absolute Gasteiger partial charge is 0.379 e. The summed E-state index contributed by atoms with van der Waals surface area (Å²) in [4.78, 5) is 36.1. The Morgan fingerprint density at radius 3 is 2.79 bits per heavy atom. The summed E-state index contributed by atoms with van der Waals surface area (Å²) in [6.07, 6.45) is -1.19. The average Bonchev–Trinajstić information content (AvgIpc) is 3.41. The highest BCUT2D eigenvalue weighted by atomic mass is 19.4. The highest BCUT2D eigenvalue weighted by Crippen LogP contribution is 2.51. The minimum Gasteiger partial charge on any atom is -0.379 e. The summed E-state index contributed by atoms with van der Waals surface area (Å²) in [5, 5.41) is 3.71. The number of carbonyl (C=O) groups is 2. The standard InChI is InChI=1S/C26H36F3N5O4/c1-32(2)24(36)34-13-18-9-19(31-21-5-7-38-14-22(21)37-3)10-25(18,15-34)23(35)33-6-4-20-16(12-33)8-17(11-30-20)26(27,28)29/h8,11,18-19,21-22,31H,4-7,9-10,12-15H2,1-3H3/t18-,19+,21-,22+,25-/m0/s1. The minimum atomic E-state index is -4.49. The number of rotatable bonds is 4. The second kappa shape index (κ2) is 10.3. The van der Waals surface area contributed by atoms with Crippen molar-refractivity contribution < 1.29 is 32.2 Å². The number of alkyl halides is 3. The number of hydrogen-bond acceptors (Lipinski definition) is 6. The fourth-order valence-corrected chi connectivity index (χ4v) is 6.76. The minimum absolute atomic E-state index is 0.0433. The third-order valence-corrected chi connectivity index (χ3v) is 8.66. The lowest BCUT2D eigenvalue weighted by Crippen LogP contribution is -2.52. The molecule has 1 saturated carbocycles. The number of nitrogens with zero attached hydrogens (tertiary/aromatic N) is 4. The molecule has 0 aromatic carbocycles. The number of methoxy groups -OCH3 is 1. The number of likely N-dealkylation sites (tertiary alicyclic amines) is 1. The molecular formula is C26H36F3N5O4. The predicted molar refractivity (Wildman–Crippen MR) is 131 cm³/mol. The first kappa shape index (κ1) is 27.1. The summed E-state index contributed by atoms with van der Waals surface area (Å²) in [7, 11) is 5.05. The van der Waals surface area contributed by atoms with E-state index >= 15 is 0 Å². The molecule has 1 aliphatic carbocycles. The van der Waals surface area contributed by atoms with Gasteiger partial charge in [-0.15, -0.1) is 0 Å². The molecule has 210 valence electrons. The van der Waals surface area contributed by atoms with E-state index in [9.17, 15) is 22.8 Å².